The minimum Gasteiger partial charge on any atom is -0.346 e. The summed E-state index contributed by atoms with van der Waals surface area (Å²) in [6.07, 6.45) is 4.86. The van der Waals surface area contributed by atoms with Gasteiger partial charge in [0, 0.05) is 6.04 Å². The first-order valence-corrected chi connectivity index (χ1v) is 5.84. The highest BCUT2D eigenvalue weighted by atomic mass is 16.2. The molecule has 1 saturated carbocycles. The van der Waals surface area contributed by atoms with E-state index in [0.717, 1.165) is 6.42 Å². The van der Waals surface area contributed by atoms with Crippen molar-refractivity contribution in [3.63, 3.8) is 0 Å². The van der Waals surface area contributed by atoms with Crippen molar-refractivity contribution in [1.82, 2.24) is 20.5 Å². The van der Waals surface area contributed by atoms with Gasteiger partial charge in [-0.05, 0) is 18.3 Å². The van der Waals surface area contributed by atoms with Crippen LogP contribution >= 0.6 is 0 Å². The van der Waals surface area contributed by atoms with Crippen LogP contribution in [0.2, 0.25) is 0 Å². The number of rotatable bonds is 2. The SMILES string of the molecule is CC1CCCC(NC(=O)c2ncn[nH]2)C1C. The van der Waals surface area contributed by atoms with Crippen LogP contribution in [0.4, 0.5) is 0 Å². The van der Waals surface area contributed by atoms with Crippen molar-refractivity contribution in [3.05, 3.63) is 12.2 Å². The van der Waals surface area contributed by atoms with Gasteiger partial charge in [0.05, 0.1) is 0 Å². The molecule has 1 aromatic rings. The zero-order valence-electron chi connectivity index (χ0n) is 9.73. The van der Waals surface area contributed by atoms with Gasteiger partial charge in [-0.1, -0.05) is 26.7 Å². The summed E-state index contributed by atoms with van der Waals surface area (Å²) in [6, 6.07) is 0.265. The fourth-order valence-electron chi connectivity index (χ4n) is 2.34. The van der Waals surface area contributed by atoms with Crippen LogP contribution in [0.3, 0.4) is 0 Å². The molecule has 0 spiro atoms. The molecule has 0 radical (unpaired) electrons. The number of nitrogens with zero attached hydrogens (tertiary/aromatic N) is 2. The van der Waals surface area contributed by atoms with Crippen LogP contribution in [0.25, 0.3) is 0 Å². The van der Waals surface area contributed by atoms with E-state index in [2.05, 4.69) is 34.3 Å². The molecule has 0 aliphatic heterocycles. The molecule has 1 aliphatic rings. The zero-order valence-corrected chi connectivity index (χ0v) is 9.73. The first kappa shape index (κ1) is 11.1. The topological polar surface area (TPSA) is 70.7 Å². The summed E-state index contributed by atoms with van der Waals surface area (Å²) in [7, 11) is 0. The van der Waals surface area contributed by atoms with Gasteiger partial charge >= 0.3 is 0 Å². The average Bonchev–Trinajstić information content (AvgIpc) is 2.78. The maximum atomic E-state index is 11.8. The second kappa shape index (κ2) is 4.63. The molecule has 0 bridgehead atoms. The largest absolute Gasteiger partial charge is 0.346 e. The zero-order chi connectivity index (χ0) is 11.5. The molecule has 1 fully saturated rings. The van der Waals surface area contributed by atoms with Crippen molar-refractivity contribution >= 4 is 5.91 Å². The fraction of sp³-hybridized carbons (Fsp3) is 0.727. The van der Waals surface area contributed by atoms with Crippen LogP contribution in [-0.2, 0) is 0 Å². The number of amides is 1. The Morgan fingerprint density at radius 2 is 2.31 bits per heavy atom. The molecule has 3 unspecified atom stereocenters. The van der Waals surface area contributed by atoms with Crippen molar-refractivity contribution in [2.24, 2.45) is 11.8 Å². The van der Waals surface area contributed by atoms with Gasteiger partial charge in [-0.25, -0.2) is 4.98 Å². The molecule has 5 nitrogen and oxygen atoms in total. The Balaban J connectivity index is 1.96. The van der Waals surface area contributed by atoms with Crippen LogP contribution in [0.1, 0.15) is 43.7 Å². The maximum absolute atomic E-state index is 11.8. The Labute approximate surface area is 95.0 Å². The van der Waals surface area contributed by atoms with Gasteiger partial charge in [0.15, 0.2) is 0 Å². The van der Waals surface area contributed by atoms with Crippen LogP contribution in [0.15, 0.2) is 6.33 Å². The number of carbonyl (C=O) groups excluding carboxylic acids is 1. The number of hydrogen-bond donors (Lipinski definition) is 2. The summed E-state index contributed by atoms with van der Waals surface area (Å²) >= 11 is 0. The van der Waals surface area contributed by atoms with E-state index in [4.69, 9.17) is 0 Å². The predicted molar refractivity (Wildman–Crippen MR) is 59.8 cm³/mol. The predicted octanol–water partition coefficient (Wildman–Crippen LogP) is 1.36. The normalized spacial score (nSPS) is 30.0. The standard InChI is InChI=1S/C11H18N4O/c1-7-4-3-5-9(8(7)2)14-11(16)10-12-6-13-15-10/h6-9H,3-5H2,1-2H3,(H,14,16)(H,12,13,15). The summed E-state index contributed by atoms with van der Waals surface area (Å²) in [5.74, 6) is 1.35. The summed E-state index contributed by atoms with van der Waals surface area (Å²) in [5.41, 5.74) is 0. The second-order valence-electron chi connectivity index (χ2n) is 4.68. The Bertz CT molecular complexity index is 349. The molecule has 0 aromatic carbocycles. The molecule has 1 aromatic heterocycles. The average molecular weight is 222 g/mol. The molecule has 1 amide bonds. The first-order chi connectivity index (χ1) is 7.68. The summed E-state index contributed by atoms with van der Waals surface area (Å²) in [4.78, 5) is 15.6. The van der Waals surface area contributed by atoms with Crippen LogP contribution in [0.5, 0.6) is 0 Å². The van der Waals surface area contributed by atoms with Gasteiger partial charge in [0.25, 0.3) is 5.91 Å². The molecule has 88 valence electrons. The first-order valence-electron chi connectivity index (χ1n) is 5.84. The van der Waals surface area contributed by atoms with Crippen LogP contribution in [0, 0.1) is 11.8 Å². The molecule has 3 atom stereocenters. The molecule has 0 saturated heterocycles. The highest BCUT2D eigenvalue weighted by Crippen LogP contribution is 2.29. The lowest BCUT2D eigenvalue weighted by atomic mass is 9.78. The lowest BCUT2D eigenvalue weighted by Gasteiger charge is -2.34. The van der Waals surface area contributed by atoms with Gasteiger partial charge in [-0.15, -0.1) is 0 Å². The number of carbonyl (C=O) groups is 1. The van der Waals surface area contributed by atoms with Gasteiger partial charge in [-0.3, -0.25) is 9.89 Å². The molecule has 5 heteroatoms. The van der Waals surface area contributed by atoms with E-state index >= 15 is 0 Å². The molecule has 2 rings (SSSR count). The lowest BCUT2D eigenvalue weighted by molar-refractivity contribution is 0.0881. The number of H-pyrrole nitrogens is 1. The third-order valence-corrected chi connectivity index (χ3v) is 3.65. The minimum atomic E-state index is -0.150. The Kier molecular flexibility index (Phi) is 3.22. The van der Waals surface area contributed by atoms with Crippen molar-refractivity contribution < 1.29 is 4.79 Å². The van der Waals surface area contributed by atoms with Crippen LogP contribution in [-0.4, -0.2) is 27.1 Å². The van der Waals surface area contributed by atoms with E-state index < -0.39 is 0 Å². The van der Waals surface area contributed by atoms with E-state index in [1.54, 1.807) is 0 Å². The molecular formula is C11H18N4O. The third-order valence-electron chi connectivity index (χ3n) is 3.65. The van der Waals surface area contributed by atoms with E-state index in [0.29, 0.717) is 17.7 Å². The van der Waals surface area contributed by atoms with Gasteiger partial charge in [0.2, 0.25) is 5.82 Å². The quantitative estimate of drug-likeness (QED) is 0.793. The maximum Gasteiger partial charge on any atom is 0.288 e. The minimum absolute atomic E-state index is 0.150. The van der Waals surface area contributed by atoms with Gasteiger partial charge in [0.1, 0.15) is 6.33 Å². The molecular weight excluding hydrogens is 204 g/mol. The third kappa shape index (κ3) is 2.23. The smallest absolute Gasteiger partial charge is 0.288 e. The van der Waals surface area contributed by atoms with E-state index in [1.807, 2.05) is 0 Å². The summed E-state index contributed by atoms with van der Waals surface area (Å²) in [5, 5.41) is 9.28. The summed E-state index contributed by atoms with van der Waals surface area (Å²) in [6.45, 7) is 4.45. The second-order valence-corrected chi connectivity index (χ2v) is 4.68. The van der Waals surface area contributed by atoms with E-state index in [-0.39, 0.29) is 11.9 Å². The molecule has 2 N–H and O–H groups in total. The molecule has 16 heavy (non-hydrogen) atoms. The molecule has 1 heterocycles. The fourth-order valence-corrected chi connectivity index (χ4v) is 2.34. The number of hydrogen-bond acceptors (Lipinski definition) is 3. The summed E-state index contributed by atoms with van der Waals surface area (Å²) < 4.78 is 0. The molecule has 1 aliphatic carbocycles. The van der Waals surface area contributed by atoms with Gasteiger partial charge < -0.3 is 5.32 Å². The Morgan fingerprint density at radius 3 is 3.00 bits per heavy atom. The highest BCUT2D eigenvalue weighted by Gasteiger charge is 2.28. The van der Waals surface area contributed by atoms with E-state index in [9.17, 15) is 4.79 Å². The highest BCUT2D eigenvalue weighted by molar-refractivity contribution is 5.90. The van der Waals surface area contributed by atoms with E-state index in [1.165, 1.54) is 19.2 Å². The lowest BCUT2D eigenvalue weighted by Crippen LogP contribution is -2.44. The van der Waals surface area contributed by atoms with Crippen molar-refractivity contribution in [3.8, 4) is 0 Å². The van der Waals surface area contributed by atoms with Crippen LogP contribution < -0.4 is 5.32 Å². The van der Waals surface area contributed by atoms with Crippen molar-refractivity contribution in [1.29, 1.82) is 0 Å². The Morgan fingerprint density at radius 1 is 1.50 bits per heavy atom. The number of aromatic nitrogens is 3. The van der Waals surface area contributed by atoms with Crippen molar-refractivity contribution in [2.75, 3.05) is 0 Å². The van der Waals surface area contributed by atoms with Gasteiger partial charge in [-0.2, -0.15) is 5.10 Å². The number of aromatic amines is 1. The monoisotopic (exact) mass is 222 g/mol. The van der Waals surface area contributed by atoms with Crippen molar-refractivity contribution in [2.45, 2.75) is 39.2 Å². The number of nitrogens with one attached hydrogen (secondary N) is 2. The Hall–Kier alpha value is -1.39.